The highest BCUT2D eigenvalue weighted by atomic mass is 16.1. The zero-order chi connectivity index (χ0) is 15.6. The second kappa shape index (κ2) is 5.54. The lowest BCUT2D eigenvalue weighted by Gasteiger charge is -2.10. The quantitative estimate of drug-likeness (QED) is 0.530. The maximum absolute atomic E-state index is 12.9. The summed E-state index contributed by atoms with van der Waals surface area (Å²) in [5.74, 6) is 0.000723. The molecule has 0 aliphatic heterocycles. The fourth-order valence-corrected chi connectivity index (χ4v) is 2.76. The van der Waals surface area contributed by atoms with Crippen molar-refractivity contribution in [2.24, 2.45) is 0 Å². The molecule has 3 aromatic carbocycles. The molecule has 3 nitrogen and oxygen atoms in total. The van der Waals surface area contributed by atoms with E-state index in [2.05, 4.69) is 5.10 Å². The van der Waals surface area contributed by atoms with Crippen LogP contribution in [0.25, 0.3) is 16.6 Å². The molecule has 4 rings (SSSR count). The predicted molar refractivity (Wildman–Crippen MR) is 90.9 cm³/mol. The van der Waals surface area contributed by atoms with Gasteiger partial charge in [0.15, 0.2) is 5.78 Å². The molecule has 0 unspecified atom stereocenters. The van der Waals surface area contributed by atoms with Crippen molar-refractivity contribution in [1.29, 1.82) is 0 Å². The number of hydrogen-bond acceptors (Lipinski definition) is 2. The highest BCUT2D eigenvalue weighted by Crippen LogP contribution is 2.22. The van der Waals surface area contributed by atoms with Crippen LogP contribution in [0.5, 0.6) is 0 Å². The largest absolute Gasteiger partial charge is 0.289 e. The first-order valence-corrected chi connectivity index (χ1v) is 7.46. The number of carbonyl (C=O) groups excluding carboxylic acids is 1. The molecular weight excluding hydrogens is 284 g/mol. The van der Waals surface area contributed by atoms with Gasteiger partial charge in [-0.2, -0.15) is 5.10 Å². The SMILES string of the molecule is O=C(c1ccccc1)c1ccccc1-n1ncc2ccccc21. The van der Waals surface area contributed by atoms with E-state index in [-0.39, 0.29) is 5.78 Å². The van der Waals surface area contributed by atoms with E-state index < -0.39 is 0 Å². The van der Waals surface area contributed by atoms with Crippen LogP contribution in [0.15, 0.2) is 85.1 Å². The normalized spacial score (nSPS) is 10.8. The van der Waals surface area contributed by atoms with Crippen molar-refractivity contribution >= 4 is 16.7 Å². The second-order valence-corrected chi connectivity index (χ2v) is 5.33. The van der Waals surface area contributed by atoms with Crippen LogP contribution in [-0.4, -0.2) is 15.6 Å². The van der Waals surface area contributed by atoms with E-state index in [0.717, 1.165) is 16.6 Å². The third kappa shape index (κ3) is 2.32. The fourth-order valence-electron chi connectivity index (χ4n) is 2.76. The van der Waals surface area contributed by atoms with Crippen molar-refractivity contribution in [3.05, 3.63) is 96.2 Å². The Hall–Kier alpha value is -3.20. The Kier molecular flexibility index (Phi) is 3.24. The third-order valence-electron chi connectivity index (χ3n) is 3.89. The fraction of sp³-hybridized carbons (Fsp3) is 0. The Balaban J connectivity index is 1.90. The van der Waals surface area contributed by atoms with Crippen LogP contribution in [-0.2, 0) is 0 Å². The monoisotopic (exact) mass is 298 g/mol. The van der Waals surface area contributed by atoms with Crippen molar-refractivity contribution in [3.63, 3.8) is 0 Å². The van der Waals surface area contributed by atoms with Gasteiger partial charge in [0.2, 0.25) is 0 Å². The molecule has 0 spiro atoms. The lowest BCUT2D eigenvalue weighted by Crippen LogP contribution is -2.08. The van der Waals surface area contributed by atoms with Gasteiger partial charge in [0.25, 0.3) is 0 Å². The van der Waals surface area contributed by atoms with E-state index in [9.17, 15) is 4.79 Å². The molecule has 1 aromatic heterocycles. The van der Waals surface area contributed by atoms with Crippen LogP contribution >= 0.6 is 0 Å². The zero-order valence-corrected chi connectivity index (χ0v) is 12.4. The van der Waals surface area contributed by atoms with Crippen LogP contribution in [0.1, 0.15) is 15.9 Å². The van der Waals surface area contributed by atoms with Crippen molar-refractivity contribution < 1.29 is 4.79 Å². The van der Waals surface area contributed by atoms with Gasteiger partial charge in [0, 0.05) is 16.5 Å². The number of fused-ring (bicyclic) bond motifs is 1. The molecule has 0 saturated carbocycles. The number of carbonyl (C=O) groups is 1. The topological polar surface area (TPSA) is 34.9 Å². The van der Waals surface area contributed by atoms with Crippen LogP contribution in [0.2, 0.25) is 0 Å². The van der Waals surface area contributed by atoms with Gasteiger partial charge in [0.05, 0.1) is 17.4 Å². The molecule has 4 aromatic rings. The summed E-state index contributed by atoms with van der Waals surface area (Å²) in [5, 5.41) is 5.52. The molecule has 0 N–H and O–H groups in total. The smallest absolute Gasteiger partial charge is 0.195 e. The van der Waals surface area contributed by atoms with Crippen LogP contribution in [0.3, 0.4) is 0 Å². The van der Waals surface area contributed by atoms with Crippen LogP contribution in [0, 0.1) is 0 Å². The first kappa shape index (κ1) is 13.5. The molecule has 1 heterocycles. The summed E-state index contributed by atoms with van der Waals surface area (Å²) in [7, 11) is 0. The minimum absolute atomic E-state index is 0.000723. The number of benzene rings is 3. The maximum atomic E-state index is 12.9. The number of hydrogen-bond donors (Lipinski definition) is 0. The molecule has 0 fully saturated rings. The van der Waals surface area contributed by atoms with Gasteiger partial charge in [-0.1, -0.05) is 60.7 Å². The molecule has 3 heteroatoms. The van der Waals surface area contributed by atoms with Crippen molar-refractivity contribution in [2.45, 2.75) is 0 Å². The average Bonchev–Trinajstić information content (AvgIpc) is 3.06. The van der Waals surface area contributed by atoms with E-state index in [1.807, 2.05) is 89.7 Å². The number of para-hydroxylation sites is 2. The minimum atomic E-state index is 0.000723. The van der Waals surface area contributed by atoms with Gasteiger partial charge in [-0.3, -0.25) is 4.79 Å². The number of ketones is 1. The van der Waals surface area contributed by atoms with E-state index in [4.69, 9.17) is 0 Å². The van der Waals surface area contributed by atoms with Gasteiger partial charge in [-0.15, -0.1) is 0 Å². The molecule has 0 atom stereocenters. The Morgan fingerprint density at radius 1 is 0.783 bits per heavy atom. The maximum Gasteiger partial charge on any atom is 0.195 e. The number of nitrogens with zero attached hydrogens (tertiary/aromatic N) is 2. The average molecular weight is 298 g/mol. The molecule has 0 radical (unpaired) electrons. The molecule has 0 bridgehead atoms. The van der Waals surface area contributed by atoms with Gasteiger partial charge >= 0.3 is 0 Å². The first-order valence-electron chi connectivity index (χ1n) is 7.46. The summed E-state index contributed by atoms with van der Waals surface area (Å²) >= 11 is 0. The van der Waals surface area contributed by atoms with Gasteiger partial charge in [0.1, 0.15) is 0 Å². The van der Waals surface area contributed by atoms with Gasteiger partial charge in [-0.05, 0) is 18.2 Å². The Labute approximate surface area is 133 Å². The molecule has 23 heavy (non-hydrogen) atoms. The van der Waals surface area contributed by atoms with Crippen molar-refractivity contribution in [3.8, 4) is 5.69 Å². The van der Waals surface area contributed by atoms with Gasteiger partial charge < -0.3 is 0 Å². The third-order valence-corrected chi connectivity index (χ3v) is 3.89. The number of aromatic nitrogens is 2. The minimum Gasteiger partial charge on any atom is -0.289 e. The van der Waals surface area contributed by atoms with E-state index in [1.54, 1.807) is 0 Å². The van der Waals surface area contributed by atoms with Crippen molar-refractivity contribution in [1.82, 2.24) is 9.78 Å². The summed E-state index contributed by atoms with van der Waals surface area (Å²) in [6.07, 6.45) is 1.82. The Morgan fingerprint density at radius 2 is 1.48 bits per heavy atom. The second-order valence-electron chi connectivity index (χ2n) is 5.33. The lowest BCUT2D eigenvalue weighted by molar-refractivity contribution is 0.103. The molecule has 0 aliphatic carbocycles. The van der Waals surface area contributed by atoms with Crippen LogP contribution in [0.4, 0.5) is 0 Å². The highest BCUT2D eigenvalue weighted by molar-refractivity contribution is 6.11. The highest BCUT2D eigenvalue weighted by Gasteiger charge is 2.15. The van der Waals surface area contributed by atoms with Crippen molar-refractivity contribution in [2.75, 3.05) is 0 Å². The first-order chi connectivity index (χ1) is 11.3. The zero-order valence-electron chi connectivity index (χ0n) is 12.4. The summed E-state index contributed by atoms with van der Waals surface area (Å²) in [5.41, 5.74) is 3.10. The van der Waals surface area contributed by atoms with Crippen LogP contribution < -0.4 is 0 Å². The summed E-state index contributed by atoms with van der Waals surface area (Å²) in [4.78, 5) is 12.9. The van der Waals surface area contributed by atoms with E-state index in [1.165, 1.54) is 0 Å². The predicted octanol–water partition coefficient (Wildman–Crippen LogP) is 4.26. The van der Waals surface area contributed by atoms with E-state index >= 15 is 0 Å². The summed E-state index contributed by atoms with van der Waals surface area (Å²) < 4.78 is 1.82. The summed E-state index contributed by atoms with van der Waals surface area (Å²) in [6.45, 7) is 0. The van der Waals surface area contributed by atoms with E-state index in [0.29, 0.717) is 11.1 Å². The Bertz CT molecular complexity index is 987. The molecule has 0 saturated heterocycles. The molecule has 0 aliphatic rings. The lowest BCUT2D eigenvalue weighted by atomic mass is 10.0. The molecule has 110 valence electrons. The molecular formula is C20H14N2O. The Morgan fingerprint density at radius 3 is 2.35 bits per heavy atom. The van der Waals surface area contributed by atoms with Gasteiger partial charge in [-0.25, -0.2) is 4.68 Å². The standard InChI is InChI=1S/C20H14N2O/c23-20(15-8-2-1-3-9-15)17-11-5-7-13-19(17)22-18-12-6-4-10-16(18)14-21-22/h1-14H. The number of rotatable bonds is 3. The molecule has 0 amide bonds. The summed E-state index contributed by atoms with van der Waals surface area (Å²) in [6, 6.07) is 24.9.